The van der Waals surface area contributed by atoms with Gasteiger partial charge in [0.25, 0.3) is 0 Å². The zero-order chi connectivity index (χ0) is 13.5. The second-order valence-corrected chi connectivity index (χ2v) is 4.90. The third-order valence-corrected chi connectivity index (χ3v) is 3.25. The molecular weight excluding hydrogens is 262 g/mol. The Bertz CT molecular complexity index is 528. The lowest BCUT2D eigenvalue weighted by Crippen LogP contribution is -2.11. The number of hydrogen-bond donors (Lipinski definition) is 2. The largest absolute Gasteiger partial charge is 0.302 e. The van der Waals surface area contributed by atoms with E-state index < -0.39 is 0 Å². The van der Waals surface area contributed by atoms with E-state index in [1.54, 1.807) is 6.20 Å². The molecule has 2 rings (SSSR count). The van der Waals surface area contributed by atoms with E-state index in [-0.39, 0.29) is 5.91 Å². The fourth-order valence-electron chi connectivity index (χ4n) is 1.56. The van der Waals surface area contributed by atoms with Crippen LogP contribution in [0.15, 0.2) is 36.5 Å². The van der Waals surface area contributed by atoms with Crippen molar-refractivity contribution in [3.8, 4) is 0 Å². The van der Waals surface area contributed by atoms with Gasteiger partial charge in [-0.1, -0.05) is 41.7 Å². The highest BCUT2D eigenvalue weighted by Crippen LogP contribution is 2.23. The first-order valence-corrected chi connectivity index (χ1v) is 6.68. The van der Waals surface area contributed by atoms with Crippen LogP contribution in [0.2, 0.25) is 0 Å². The molecule has 0 atom stereocenters. The Morgan fingerprint density at radius 1 is 1.37 bits per heavy atom. The minimum absolute atomic E-state index is 0.0397. The first-order valence-electron chi connectivity index (χ1n) is 5.86. The highest BCUT2D eigenvalue weighted by atomic mass is 32.1. The van der Waals surface area contributed by atoms with E-state index in [0.717, 1.165) is 17.0 Å². The van der Waals surface area contributed by atoms with Crippen LogP contribution in [-0.4, -0.2) is 18.0 Å². The Morgan fingerprint density at radius 3 is 2.89 bits per heavy atom. The molecule has 2 aromatic rings. The Hall–Kier alpha value is -1.92. The summed E-state index contributed by atoms with van der Waals surface area (Å²) in [6.45, 7) is 0. The molecule has 2 N–H and O–H groups in total. The molecule has 5 nitrogen and oxygen atoms in total. The molecule has 1 aromatic heterocycles. The Balaban J connectivity index is 1.80. The van der Waals surface area contributed by atoms with Gasteiger partial charge in [-0.05, 0) is 12.0 Å². The summed E-state index contributed by atoms with van der Waals surface area (Å²) in [5, 5.41) is 4.08. The Kier molecular flexibility index (Phi) is 4.88. The SMILES string of the molecule is CONc1cnc(NC(=O)CCc2ccccc2)s1. The van der Waals surface area contributed by atoms with Crippen molar-refractivity contribution in [2.24, 2.45) is 0 Å². The lowest BCUT2D eigenvalue weighted by atomic mass is 10.1. The number of hydrogen-bond acceptors (Lipinski definition) is 5. The molecule has 0 saturated heterocycles. The normalized spacial score (nSPS) is 10.2. The molecule has 0 aliphatic heterocycles. The minimum Gasteiger partial charge on any atom is -0.302 e. The summed E-state index contributed by atoms with van der Waals surface area (Å²) in [5.74, 6) is -0.0397. The predicted molar refractivity (Wildman–Crippen MR) is 76.1 cm³/mol. The molecule has 0 fully saturated rings. The second kappa shape index (κ2) is 6.86. The Labute approximate surface area is 115 Å². The van der Waals surface area contributed by atoms with Gasteiger partial charge in [0.1, 0.15) is 5.00 Å². The monoisotopic (exact) mass is 277 g/mol. The summed E-state index contributed by atoms with van der Waals surface area (Å²) >= 11 is 1.33. The van der Waals surface area contributed by atoms with Crippen LogP contribution >= 0.6 is 11.3 Å². The number of aryl methyl sites for hydroxylation is 1. The van der Waals surface area contributed by atoms with E-state index in [0.29, 0.717) is 11.6 Å². The molecule has 0 unspecified atom stereocenters. The van der Waals surface area contributed by atoms with Crippen LogP contribution in [0.3, 0.4) is 0 Å². The molecule has 1 amide bonds. The van der Waals surface area contributed by atoms with E-state index >= 15 is 0 Å². The van der Waals surface area contributed by atoms with Gasteiger partial charge >= 0.3 is 0 Å². The van der Waals surface area contributed by atoms with Crippen molar-refractivity contribution in [1.82, 2.24) is 4.98 Å². The standard InChI is InChI=1S/C13H15N3O2S/c1-18-16-12-9-14-13(19-12)15-11(17)8-7-10-5-3-2-4-6-10/h2-6,9,16H,7-8H2,1H3,(H,14,15,17). The summed E-state index contributed by atoms with van der Waals surface area (Å²) < 4.78 is 0. The third-order valence-electron chi connectivity index (χ3n) is 2.44. The van der Waals surface area contributed by atoms with E-state index in [2.05, 4.69) is 15.8 Å². The van der Waals surface area contributed by atoms with E-state index in [1.165, 1.54) is 18.4 Å². The van der Waals surface area contributed by atoms with Crippen molar-refractivity contribution in [2.45, 2.75) is 12.8 Å². The lowest BCUT2D eigenvalue weighted by molar-refractivity contribution is -0.116. The molecule has 0 aliphatic carbocycles. The topological polar surface area (TPSA) is 63.2 Å². The Morgan fingerprint density at radius 2 is 2.16 bits per heavy atom. The van der Waals surface area contributed by atoms with Gasteiger partial charge in [-0.3, -0.25) is 15.1 Å². The number of thiazole rings is 1. The zero-order valence-electron chi connectivity index (χ0n) is 10.6. The van der Waals surface area contributed by atoms with Crippen LogP contribution in [0, 0.1) is 0 Å². The lowest BCUT2D eigenvalue weighted by Gasteiger charge is -2.02. The molecule has 0 saturated carbocycles. The number of benzene rings is 1. The summed E-state index contributed by atoms with van der Waals surface area (Å²) in [6.07, 6.45) is 2.78. The number of nitrogens with one attached hydrogen (secondary N) is 2. The van der Waals surface area contributed by atoms with Crippen LogP contribution in [0.5, 0.6) is 0 Å². The van der Waals surface area contributed by atoms with Gasteiger partial charge in [-0.25, -0.2) is 4.98 Å². The van der Waals surface area contributed by atoms with Gasteiger partial charge in [0.05, 0.1) is 13.3 Å². The molecule has 0 spiro atoms. The molecule has 19 heavy (non-hydrogen) atoms. The average Bonchev–Trinajstić information content (AvgIpc) is 2.85. The highest BCUT2D eigenvalue weighted by Gasteiger charge is 2.06. The van der Waals surface area contributed by atoms with Crippen molar-refractivity contribution in [2.75, 3.05) is 17.9 Å². The van der Waals surface area contributed by atoms with Crippen molar-refractivity contribution in [3.63, 3.8) is 0 Å². The quantitative estimate of drug-likeness (QED) is 0.797. The van der Waals surface area contributed by atoms with Crippen LogP contribution in [0.4, 0.5) is 10.1 Å². The van der Waals surface area contributed by atoms with Gasteiger partial charge in [0.2, 0.25) is 5.91 Å². The molecule has 0 aliphatic rings. The number of carbonyl (C=O) groups is 1. The van der Waals surface area contributed by atoms with Gasteiger partial charge in [-0.2, -0.15) is 0 Å². The minimum atomic E-state index is -0.0397. The van der Waals surface area contributed by atoms with Crippen LogP contribution in [0.1, 0.15) is 12.0 Å². The number of amides is 1. The van der Waals surface area contributed by atoms with E-state index in [9.17, 15) is 4.79 Å². The van der Waals surface area contributed by atoms with Gasteiger partial charge in [0.15, 0.2) is 5.13 Å². The van der Waals surface area contributed by atoms with Crippen molar-refractivity contribution >= 4 is 27.4 Å². The summed E-state index contributed by atoms with van der Waals surface area (Å²) in [7, 11) is 1.53. The van der Waals surface area contributed by atoms with Crippen LogP contribution in [0.25, 0.3) is 0 Å². The second-order valence-electron chi connectivity index (χ2n) is 3.87. The molecule has 6 heteroatoms. The molecule has 0 bridgehead atoms. The summed E-state index contributed by atoms with van der Waals surface area (Å²) in [6, 6.07) is 9.92. The van der Waals surface area contributed by atoms with Gasteiger partial charge in [-0.15, -0.1) is 0 Å². The van der Waals surface area contributed by atoms with Crippen molar-refractivity contribution < 1.29 is 9.63 Å². The number of nitrogens with zero attached hydrogens (tertiary/aromatic N) is 1. The van der Waals surface area contributed by atoms with Gasteiger partial charge < -0.3 is 5.32 Å². The maximum Gasteiger partial charge on any atom is 0.226 e. The third kappa shape index (κ3) is 4.35. The molecule has 1 aromatic carbocycles. The smallest absolute Gasteiger partial charge is 0.226 e. The fourth-order valence-corrected chi connectivity index (χ4v) is 2.27. The summed E-state index contributed by atoms with van der Waals surface area (Å²) in [4.78, 5) is 20.6. The number of carbonyl (C=O) groups excluding carboxylic acids is 1. The molecule has 100 valence electrons. The molecule has 0 radical (unpaired) electrons. The van der Waals surface area contributed by atoms with Crippen LogP contribution < -0.4 is 10.8 Å². The van der Waals surface area contributed by atoms with Crippen molar-refractivity contribution in [1.29, 1.82) is 0 Å². The predicted octanol–water partition coefficient (Wildman–Crippen LogP) is 2.69. The van der Waals surface area contributed by atoms with Crippen LogP contribution in [-0.2, 0) is 16.1 Å². The molecular formula is C13H15N3O2S. The first kappa shape index (κ1) is 13.5. The highest BCUT2D eigenvalue weighted by molar-refractivity contribution is 7.19. The molecule has 1 heterocycles. The van der Waals surface area contributed by atoms with Gasteiger partial charge in [0, 0.05) is 6.42 Å². The maximum absolute atomic E-state index is 11.8. The number of rotatable bonds is 6. The van der Waals surface area contributed by atoms with E-state index in [4.69, 9.17) is 4.84 Å². The average molecular weight is 277 g/mol. The number of aromatic nitrogens is 1. The maximum atomic E-state index is 11.8. The van der Waals surface area contributed by atoms with E-state index in [1.807, 2.05) is 30.3 Å². The first-order chi connectivity index (χ1) is 9.28. The zero-order valence-corrected chi connectivity index (χ0v) is 11.4. The van der Waals surface area contributed by atoms with Crippen molar-refractivity contribution in [3.05, 3.63) is 42.1 Å². The summed E-state index contributed by atoms with van der Waals surface area (Å²) in [5.41, 5.74) is 3.82. The fraction of sp³-hybridized carbons (Fsp3) is 0.231. The number of anilines is 2.